The molecule has 1 saturated heterocycles. The topological polar surface area (TPSA) is 102 Å². The molecule has 0 spiro atoms. The van der Waals surface area contributed by atoms with E-state index in [0.29, 0.717) is 35.2 Å². The van der Waals surface area contributed by atoms with E-state index >= 15 is 0 Å². The first kappa shape index (κ1) is 26.1. The second-order valence-electron chi connectivity index (χ2n) is 11.3. The van der Waals surface area contributed by atoms with Crippen molar-refractivity contribution in [3.05, 3.63) is 65.4 Å². The van der Waals surface area contributed by atoms with Crippen LogP contribution in [-0.4, -0.2) is 58.9 Å². The van der Waals surface area contributed by atoms with Crippen molar-refractivity contribution in [1.82, 2.24) is 14.9 Å². The molecule has 3 N–H and O–H groups in total. The van der Waals surface area contributed by atoms with Gasteiger partial charge in [0.05, 0.1) is 0 Å². The molecule has 0 unspecified atom stereocenters. The molecular formula is C31H37N7O2. The van der Waals surface area contributed by atoms with Crippen LogP contribution in [-0.2, 0) is 4.79 Å². The number of aryl methyl sites for hydroxylation is 2. The number of hydrogen-bond acceptors (Lipinski definition) is 7. The average Bonchev–Trinajstić information content (AvgIpc) is 3.89. The van der Waals surface area contributed by atoms with Crippen LogP contribution in [0.3, 0.4) is 0 Å². The number of nitrogens with zero attached hydrogens (tertiary/aromatic N) is 4. The molecule has 0 radical (unpaired) electrons. The second-order valence-corrected chi connectivity index (χ2v) is 11.3. The highest BCUT2D eigenvalue weighted by molar-refractivity contribution is 6.08. The van der Waals surface area contributed by atoms with E-state index in [4.69, 9.17) is 0 Å². The lowest BCUT2D eigenvalue weighted by Crippen LogP contribution is -2.48. The molecule has 2 heterocycles. The van der Waals surface area contributed by atoms with Crippen molar-refractivity contribution < 1.29 is 9.59 Å². The van der Waals surface area contributed by atoms with Crippen LogP contribution >= 0.6 is 0 Å². The third-order valence-corrected chi connectivity index (χ3v) is 7.95. The van der Waals surface area contributed by atoms with Gasteiger partial charge in [-0.2, -0.15) is 4.98 Å². The Bertz CT molecular complexity index is 1370. The zero-order valence-corrected chi connectivity index (χ0v) is 23.2. The Balaban J connectivity index is 1.10. The first-order valence-corrected chi connectivity index (χ1v) is 14.3. The van der Waals surface area contributed by atoms with Gasteiger partial charge in [0.25, 0.3) is 5.91 Å². The normalized spacial score (nSPS) is 16.9. The number of carbonyl (C=O) groups excluding carboxylic acids is 2. The predicted octanol–water partition coefficient (Wildman–Crippen LogP) is 5.11. The molecule has 2 aromatic carbocycles. The summed E-state index contributed by atoms with van der Waals surface area (Å²) in [7, 11) is 0. The molecular weight excluding hydrogens is 502 g/mol. The summed E-state index contributed by atoms with van der Waals surface area (Å²) in [5, 5.41) is 9.73. The molecule has 40 heavy (non-hydrogen) atoms. The Kier molecular flexibility index (Phi) is 7.28. The molecule has 1 aliphatic heterocycles. The van der Waals surface area contributed by atoms with Crippen LogP contribution in [0.4, 0.5) is 28.8 Å². The Morgan fingerprint density at radius 3 is 2.27 bits per heavy atom. The SMILES string of the molecule is Cc1cccc(C)c1NC(=O)c1cnc(Nc2ccc(N3CCN(C(=O)CC4CC4)CC3)cc2)nc1NC1CC1. The van der Waals surface area contributed by atoms with Crippen LogP contribution in [0.5, 0.6) is 0 Å². The van der Waals surface area contributed by atoms with Gasteiger partial charge in [-0.1, -0.05) is 18.2 Å². The molecule has 2 amide bonds. The minimum absolute atomic E-state index is 0.231. The summed E-state index contributed by atoms with van der Waals surface area (Å²) >= 11 is 0. The fraction of sp³-hybridized carbons (Fsp3) is 0.419. The highest BCUT2D eigenvalue weighted by atomic mass is 16.2. The van der Waals surface area contributed by atoms with Crippen molar-refractivity contribution in [2.45, 2.75) is 52.0 Å². The lowest BCUT2D eigenvalue weighted by atomic mass is 10.1. The summed E-state index contributed by atoms with van der Waals surface area (Å²) < 4.78 is 0. The minimum atomic E-state index is -0.231. The molecule has 1 aromatic heterocycles. The zero-order chi connectivity index (χ0) is 27.6. The van der Waals surface area contributed by atoms with E-state index in [1.807, 2.05) is 49.1 Å². The number of nitrogens with one attached hydrogen (secondary N) is 3. The molecule has 208 valence electrons. The van der Waals surface area contributed by atoms with Gasteiger partial charge in [-0.25, -0.2) is 4.98 Å². The van der Waals surface area contributed by atoms with Gasteiger partial charge >= 0.3 is 0 Å². The Hall–Kier alpha value is -4.14. The number of anilines is 5. The molecule has 0 bridgehead atoms. The number of carbonyl (C=O) groups is 2. The Labute approximate surface area is 235 Å². The molecule has 9 nitrogen and oxygen atoms in total. The van der Waals surface area contributed by atoms with Crippen LogP contribution in [0, 0.1) is 19.8 Å². The maximum Gasteiger partial charge on any atom is 0.261 e. The highest BCUT2D eigenvalue weighted by Crippen LogP contribution is 2.33. The van der Waals surface area contributed by atoms with E-state index in [1.165, 1.54) is 12.8 Å². The van der Waals surface area contributed by atoms with Gasteiger partial charge in [0.1, 0.15) is 11.4 Å². The number of hydrogen-bond donors (Lipinski definition) is 3. The lowest BCUT2D eigenvalue weighted by molar-refractivity contribution is -0.131. The molecule has 2 saturated carbocycles. The van der Waals surface area contributed by atoms with Crippen LogP contribution in [0.25, 0.3) is 0 Å². The smallest absolute Gasteiger partial charge is 0.261 e. The Morgan fingerprint density at radius 2 is 1.62 bits per heavy atom. The van der Waals surface area contributed by atoms with Crippen LogP contribution < -0.4 is 20.9 Å². The summed E-state index contributed by atoms with van der Waals surface area (Å²) in [6.45, 7) is 7.20. The maximum atomic E-state index is 13.2. The van der Waals surface area contributed by atoms with E-state index in [9.17, 15) is 9.59 Å². The van der Waals surface area contributed by atoms with Gasteiger partial charge in [-0.05, 0) is 80.8 Å². The van der Waals surface area contributed by atoms with E-state index in [-0.39, 0.29) is 5.91 Å². The lowest BCUT2D eigenvalue weighted by Gasteiger charge is -2.36. The van der Waals surface area contributed by atoms with Gasteiger partial charge in [0.15, 0.2) is 0 Å². The summed E-state index contributed by atoms with van der Waals surface area (Å²) in [6.07, 6.45) is 6.86. The van der Waals surface area contributed by atoms with E-state index in [0.717, 1.165) is 73.6 Å². The Morgan fingerprint density at radius 1 is 0.925 bits per heavy atom. The predicted molar refractivity (Wildman–Crippen MR) is 158 cm³/mol. The molecule has 3 fully saturated rings. The number of benzene rings is 2. The number of para-hydroxylation sites is 1. The fourth-order valence-corrected chi connectivity index (χ4v) is 5.13. The van der Waals surface area contributed by atoms with E-state index < -0.39 is 0 Å². The molecule has 3 aromatic rings. The maximum absolute atomic E-state index is 13.2. The summed E-state index contributed by atoms with van der Waals surface area (Å²) in [4.78, 5) is 39.1. The quantitative estimate of drug-likeness (QED) is 0.347. The number of amides is 2. The minimum Gasteiger partial charge on any atom is -0.368 e. The molecule has 9 heteroatoms. The van der Waals surface area contributed by atoms with Crippen molar-refractivity contribution in [3.8, 4) is 0 Å². The average molecular weight is 540 g/mol. The zero-order valence-electron chi connectivity index (χ0n) is 23.2. The second kappa shape index (κ2) is 11.2. The fourth-order valence-electron chi connectivity index (χ4n) is 5.13. The molecule has 0 atom stereocenters. The highest BCUT2D eigenvalue weighted by Gasteiger charge is 2.29. The number of rotatable bonds is 9. The van der Waals surface area contributed by atoms with Crippen LogP contribution in [0.15, 0.2) is 48.7 Å². The van der Waals surface area contributed by atoms with Crippen molar-refractivity contribution in [3.63, 3.8) is 0 Å². The van der Waals surface area contributed by atoms with Gasteiger partial charge in [0.2, 0.25) is 11.9 Å². The van der Waals surface area contributed by atoms with Crippen molar-refractivity contribution in [2.24, 2.45) is 5.92 Å². The first-order chi connectivity index (χ1) is 19.4. The van der Waals surface area contributed by atoms with Crippen molar-refractivity contribution in [2.75, 3.05) is 47.0 Å². The van der Waals surface area contributed by atoms with Gasteiger partial charge in [0, 0.05) is 61.9 Å². The molecule has 2 aliphatic carbocycles. The van der Waals surface area contributed by atoms with E-state index in [1.54, 1.807) is 6.20 Å². The monoisotopic (exact) mass is 539 g/mol. The number of piperazine rings is 1. The standard InChI is InChI=1S/C31H37N7O2/c1-20-4-3-5-21(2)28(20)35-30(40)26-19-32-31(36-29(26)33-23-8-9-23)34-24-10-12-25(13-11-24)37-14-16-38(17-15-37)27(39)18-22-6-7-22/h3-5,10-13,19,22-23H,6-9,14-18H2,1-2H3,(H,35,40)(H2,32,33,34,36). The van der Waals surface area contributed by atoms with Crippen molar-refractivity contribution >= 4 is 40.6 Å². The summed E-state index contributed by atoms with van der Waals surface area (Å²) in [5.41, 5.74) is 5.26. The number of aromatic nitrogens is 2. The van der Waals surface area contributed by atoms with Crippen LogP contribution in [0.1, 0.15) is 53.6 Å². The van der Waals surface area contributed by atoms with Gasteiger partial charge in [-0.3, -0.25) is 9.59 Å². The third kappa shape index (κ3) is 6.19. The third-order valence-electron chi connectivity index (χ3n) is 7.95. The largest absolute Gasteiger partial charge is 0.368 e. The summed E-state index contributed by atoms with van der Waals surface area (Å²) in [6, 6.07) is 14.5. The molecule has 3 aliphatic rings. The van der Waals surface area contributed by atoms with Crippen molar-refractivity contribution in [1.29, 1.82) is 0 Å². The van der Waals surface area contributed by atoms with Gasteiger partial charge in [-0.15, -0.1) is 0 Å². The first-order valence-electron chi connectivity index (χ1n) is 14.3. The molecule has 6 rings (SSSR count). The van der Waals surface area contributed by atoms with Crippen LogP contribution in [0.2, 0.25) is 0 Å². The van der Waals surface area contributed by atoms with Gasteiger partial charge < -0.3 is 25.8 Å². The van der Waals surface area contributed by atoms with E-state index in [2.05, 4.69) is 43.0 Å². The summed E-state index contributed by atoms with van der Waals surface area (Å²) in [5.74, 6) is 1.68.